The molecule has 0 fully saturated rings. The van der Waals surface area contributed by atoms with Crippen molar-refractivity contribution in [1.82, 2.24) is 10.3 Å². The summed E-state index contributed by atoms with van der Waals surface area (Å²) in [6.45, 7) is 5.81. The first-order valence-corrected chi connectivity index (χ1v) is 9.66. The zero-order valence-electron chi connectivity index (χ0n) is 16.6. The lowest BCUT2D eigenvalue weighted by Gasteiger charge is -2.27. The van der Waals surface area contributed by atoms with Gasteiger partial charge in [0, 0.05) is 22.4 Å². The van der Waals surface area contributed by atoms with E-state index in [0.29, 0.717) is 22.8 Å². The van der Waals surface area contributed by atoms with E-state index < -0.39 is 5.54 Å². The fraction of sp³-hybridized carbons (Fsp3) is 0.217. The van der Waals surface area contributed by atoms with Gasteiger partial charge in [0.25, 0.3) is 5.91 Å². The van der Waals surface area contributed by atoms with Crippen molar-refractivity contribution in [2.75, 3.05) is 5.32 Å². The van der Waals surface area contributed by atoms with Gasteiger partial charge in [0.05, 0.1) is 5.56 Å². The van der Waals surface area contributed by atoms with Crippen molar-refractivity contribution in [1.29, 1.82) is 0 Å². The maximum absolute atomic E-state index is 13.1. The molecule has 0 unspecified atom stereocenters. The number of aromatic nitrogens is 1. The van der Waals surface area contributed by atoms with Crippen LogP contribution in [0.15, 0.2) is 60.8 Å². The Kier molecular flexibility index (Phi) is 6.18. The van der Waals surface area contributed by atoms with E-state index in [-0.39, 0.29) is 11.7 Å². The zero-order chi connectivity index (χ0) is 21.0. The first-order valence-electron chi connectivity index (χ1n) is 9.29. The maximum atomic E-state index is 13.1. The highest BCUT2D eigenvalue weighted by Crippen LogP contribution is 2.25. The van der Waals surface area contributed by atoms with Crippen LogP contribution in [0.25, 0.3) is 0 Å². The molecule has 29 heavy (non-hydrogen) atoms. The van der Waals surface area contributed by atoms with Gasteiger partial charge in [0.15, 0.2) is 0 Å². The average Bonchev–Trinajstić information content (AvgIpc) is 2.66. The monoisotopic (exact) mass is 411 g/mol. The molecule has 0 saturated carbocycles. The second-order valence-corrected chi connectivity index (χ2v) is 8.06. The van der Waals surface area contributed by atoms with Gasteiger partial charge in [-0.05, 0) is 74.7 Å². The molecule has 0 saturated heterocycles. The quantitative estimate of drug-likeness (QED) is 0.548. The van der Waals surface area contributed by atoms with Gasteiger partial charge < -0.3 is 10.6 Å². The molecule has 1 aromatic heterocycles. The van der Waals surface area contributed by atoms with Crippen LogP contribution in [0.1, 0.15) is 35.3 Å². The molecule has 0 aliphatic rings. The standard InChI is InChI=1S/C23H23ClFN3O/c1-15-6-9-17(24)13-20(15)27-21-19(5-4-12-26-21)22(29)28-23(2,3)14-16-7-10-18(25)11-8-16/h4-13H,14H2,1-3H3,(H,26,27)(H,28,29). The number of nitrogens with zero attached hydrogens (tertiary/aromatic N) is 1. The number of aryl methyl sites for hydroxylation is 1. The van der Waals surface area contributed by atoms with Gasteiger partial charge in [-0.25, -0.2) is 9.37 Å². The first-order chi connectivity index (χ1) is 13.7. The van der Waals surface area contributed by atoms with Gasteiger partial charge in [0.2, 0.25) is 0 Å². The van der Waals surface area contributed by atoms with Crippen LogP contribution in [0.4, 0.5) is 15.9 Å². The van der Waals surface area contributed by atoms with E-state index in [1.54, 1.807) is 36.5 Å². The van der Waals surface area contributed by atoms with Crippen LogP contribution < -0.4 is 10.6 Å². The SMILES string of the molecule is Cc1ccc(Cl)cc1Nc1ncccc1C(=O)NC(C)(C)Cc1ccc(F)cc1. The van der Waals surface area contributed by atoms with Crippen LogP contribution in [-0.2, 0) is 6.42 Å². The number of amides is 1. The third kappa shape index (κ3) is 5.55. The van der Waals surface area contributed by atoms with Crippen molar-refractivity contribution < 1.29 is 9.18 Å². The summed E-state index contributed by atoms with van der Waals surface area (Å²) < 4.78 is 13.1. The molecule has 0 aliphatic carbocycles. The van der Waals surface area contributed by atoms with Crippen molar-refractivity contribution >= 4 is 29.0 Å². The number of anilines is 2. The van der Waals surface area contributed by atoms with Crippen molar-refractivity contribution in [2.24, 2.45) is 0 Å². The van der Waals surface area contributed by atoms with Crippen molar-refractivity contribution in [2.45, 2.75) is 32.7 Å². The lowest BCUT2D eigenvalue weighted by atomic mass is 9.94. The van der Waals surface area contributed by atoms with Crippen LogP contribution in [0.2, 0.25) is 5.02 Å². The van der Waals surface area contributed by atoms with E-state index in [4.69, 9.17) is 11.6 Å². The Hall–Kier alpha value is -2.92. The molecule has 2 aromatic carbocycles. The van der Waals surface area contributed by atoms with Crippen LogP contribution in [0.5, 0.6) is 0 Å². The topological polar surface area (TPSA) is 54.0 Å². The number of carbonyl (C=O) groups is 1. The lowest BCUT2D eigenvalue weighted by molar-refractivity contribution is 0.0913. The highest BCUT2D eigenvalue weighted by atomic mass is 35.5. The van der Waals surface area contributed by atoms with E-state index in [0.717, 1.165) is 16.8 Å². The van der Waals surface area contributed by atoms with Gasteiger partial charge in [-0.15, -0.1) is 0 Å². The number of rotatable bonds is 6. The first kappa shape index (κ1) is 20.8. The molecule has 2 N–H and O–H groups in total. The normalized spacial score (nSPS) is 11.2. The fourth-order valence-corrected chi connectivity index (χ4v) is 3.25. The Morgan fingerprint density at radius 2 is 1.86 bits per heavy atom. The summed E-state index contributed by atoms with van der Waals surface area (Å²) in [6.07, 6.45) is 2.19. The highest BCUT2D eigenvalue weighted by Gasteiger charge is 2.23. The lowest BCUT2D eigenvalue weighted by Crippen LogP contribution is -2.45. The van der Waals surface area contributed by atoms with Crippen molar-refractivity contribution in [3.8, 4) is 0 Å². The molecule has 0 atom stereocenters. The molecule has 0 radical (unpaired) electrons. The Bertz CT molecular complexity index is 1020. The molecule has 0 aliphatic heterocycles. The minimum absolute atomic E-state index is 0.243. The Labute approximate surface area is 175 Å². The van der Waals surface area contributed by atoms with E-state index in [1.165, 1.54) is 12.1 Å². The van der Waals surface area contributed by atoms with E-state index in [1.807, 2.05) is 32.9 Å². The van der Waals surface area contributed by atoms with Crippen molar-refractivity contribution in [3.05, 3.63) is 88.3 Å². The number of carbonyl (C=O) groups excluding carboxylic acids is 1. The summed E-state index contributed by atoms with van der Waals surface area (Å²) in [5, 5.41) is 6.85. The van der Waals surface area contributed by atoms with Gasteiger partial charge >= 0.3 is 0 Å². The molecule has 3 rings (SSSR count). The van der Waals surface area contributed by atoms with Crippen LogP contribution in [-0.4, -0.2) is 16.4 Å². The number of hydrogen-bond donors (Lipinski definition) is 2. The molecule has 0 bridgehead atoms. The molecular weight excluding hydrogens is 389 g/mol. The van der Waals surface area contributed by atoms with Crippen LogP contribution >= 0.6 is 11.6 Å². The number of pyridine rings is 1. The smallest absolute Gasteiger partial charge is 0.255 e. The summed E-state index contributed by atoms with van der Waals surface area (Å²) in [7, 11) is 0. The molecule has 150 valence electrons. The van der Waals surface area contributed by atoms with Crippen molar-refractivity contribution in [3.63, 3.8) is 0 Å². The third-order valence-corrected chi connectivity index (χ3v) is 4.75. The van der Waals surface area contributed by atoms with Gasteiger partial charge in [-0.1, -0.05) is 29.8 Å². The Morgan fingerprint density at radius 3 is 2.59 bits per heavy atom. The van der Waals surface area contributed by atoms with E-state index in [9.17, 15) is 9.18 Å². The summed E-state index contributed by atoms with van der Waals surface area (Å²) in [6, 6.07) is 15.2. The minimum atomic E-state index is -0.534. The Balaban J connectivity index is 1.78. The van der Waals surface area contributed by atoms with Gasteiger partial charge in [-0.2, -0.15) is 0 Å². The van der Waals surface area contributed by atoms with Crippen LogP contribution in [0.3, 0.4) is 0 Å². The summed E-state index contributed by atoms with van der Waals surface area (Å²) in [4.78, 5) is 17.3. The van der Waals surface area contributed by atoms with Crippen LogP contribution in [0, 0.1) is 12.7 Å². The highest BCUT2D eigenvalue weighted by molar-refractivity contribution is 6.30. The average molecular weight is 412 g/mol. The molecule has 3 aromatic rings. The minimum Gasteiger partial charge on any atom is -0.347 e. The van der Waals surface area contributed by atoms with E-state index in [2.05, 4.69) is 15.6 Å². The summed E-state index contributed by atoms with van der Waals surface area (Å²) in [5.74, 6) is -0.0710. The summed E-state index contributed by atoms with van der Waals surface area (Å²) >= 11 is 6.10. The molecule has 0 spiro atoms. The second-order valence-electron chi connectivity index (χ2n) is 7.63. The second kappa shape index (κ2) is 8.62. The number of nitrogens with one attached hydrogen (secondary N) is 2. The number of halogens is 2. The Morgan fingerprint density at radius 1 is 1.14 bits per heavy atom. The molecule has 4 nitrogen and oxygen atoms in total. The third-order valence-electron chi connectivity index (χ3n) is 4.52. The molecule has 1 amide bonds. The summed E-state index contributed by atoms with van der Waals surface area (Å²) in [5.41, 5.74) is 2.61. The predicted molar refractivity (Wildman–Crippen MR) is 115 cm³/mol. The maximum Gasteiger partial charge on any atom is 0.255 e. The molecular formula is C23H23ClFN3O. The van der Waals surface area contributed by atoms with Gasteiger partial charge in [-0.3, -0.25) is 4.79 Å². The zero-order valence-corrected chi connectivity index (χ0v) is 17.3. The van der Waals surface area contributed by atoms with E-state index >= 15 is 0 Å². The molecule has 1 heterocycles. The largest absolute Gasteiger partial charge is 0.347 e. The van der Waals surface area contributed by atoms with Gasteiger partial charge in [0.1, 0.15) is 11.6 Å². The number of benzene rings is 2. The predicted octanol–water partition coefficient (Wildman–Crippen LogP) is 5.68. The fourth-order valence-electron chi connectivity index (χ4n) is 3.08. The number of hydrogen-bond acceptors (Lipinski definition) is 3. The molecule has 6 heteroatoms.